The maximum absolute atomic E-state index is 6.29. The molecule has 0 aliphatic carbocycles. The first-order valence-corrected chi connectivity index (χ1v) is 8.02. The van der Waals surface area contributed by atoms with Crippen LogP contribution >= 0.6 is 11.3 Å². The lowest BCUT2D eigenvalue weighted by Crippen LogP contribution is -2.28. The van der Waals surface area contributed by atoms with Gasteiger partial charge in [-0.05, 0) is 31.7 Å². The summed E-state index contributed by atoms with van der Waals surface area (Å²) in [6.07, 6.45) is 2.03. The second-order valence-electron chi connectivity index (χ2n) is 6.18. The molecule has 0 aliphatic rings. The molecule has 0 saturated heterocycles. The van der Waals surface area contributed by atoms with E-state index in [-0.39, 0.29) is 5.54 Å². The summed E-state index contributed by atoms with van der Waals surface area (Å²) in [6.45, 7) is 8.50. The number of nitrogens with two attached hydrogens (primary N) is 1. The normalized spacial score (nSPS) is 12.1. The molecule has 0 saturated carbocycles. The van der Waals surface area contributed by atoms with Gasteiger partial charge in [0.25, 0.3) is 0 Å². The number of nitrogens with zero attached hydrogens (tertiary/aromatic N) is 1. The molecule has 1 aromatic heterocycles. The van der Waals surface area contributed by atoms with E-state index < -0.39 is 0 Å². The van der Waals surface area contributed by atoms with Gasteiger partial charge >= 0.3 is 0 Å². The van der Waals surface area contributed by atoms with Crippen LogP contribution in [0.3, 0.4) is 0 Å². The van der Waals surface area contributed by atoms with Crippen LogP contribution < -0.4 is 5.73 Å². The van der Waals surface area contributed by atoms with Gasteiger partial charge in [-0.2, -0.15) is 0 Å². The minimum atomic E-state index is -0.303. The molecular weight excluding hydrogens is 264 g/mol. The summed E-state index contributed by atoms with van der Waals surface area (Å²) in [6, 6.07) is 10.6. The van der Waals surface area contributed by atoms with Gasteiger partial charge in [0, 0.05) is 16.8 Å². The molecule has 0 amide bonds. The predicted molar refractivity (Wildman–Crippen MR) is 87.3 cm³/mol. The second-order valence-corrected chi connectivity index (χ2v) is 7.27. The van der Waals surface area contributed by atoms with Crippen LogP contribution in [0.5, 0.6) is 0 Å². The number of thiazole rings is 1. The van der Waals surface area contributed by atoms with Crippen molar-refractivity contribution >= 4 is 11.3 Å². The largest absolute Gasteiger partial charge is 0.321 e. The van der Waals surface area contributed by atoms with Gasteiger partial charge in [-0.15, -0.1) is 11.3 Å². The van der Waals surface area contributed by atoms with Gasteiger partial charge in [-0.3, -0.25) is 0 Å². The number of aryl methyl sites for hydroxylation is 2. The van der Waals surface area contributed by atoms with Crippen molar-refractivity contribution in [3.8, 4) is 0 Å². The lowest BCUT2D eigenvalue weighted by atomic mass is 9.98. The first-order chi connectivity index (χ1) is 9.38. The fourth-order valence-electron chi connectivity index (χ4n) is 2.23. The van der Waals surface area contributed by atoms with Gasteiger partial charge in [-0.1, -0.05) is 44.2 Å². The standard InChI is InChI=1S/C17H24N2S/c1-12(2)15-16(17(3,4)18)20-14(19-15)11-10-13-8-6-5-7-9-13/h5-9,12H,10-11,18H2,1-4H3. The SMILES string of the molecule is CC(C)c1nc(CCc2ccccc2)sc1C(C)(C)N. The van der Waals surface area contributed by atoms with E-state index in [4.69, 9.17) is 10.7 Å². The Bertz CT molecular complexity index is 550. The molecule has 0 fully saturated rings. The van der Waals surface area contributed by atoms with E-state index in [9.17, 15) is 0 Å². The molecule has 0 atom stereocenters. The van der Waals surface area contributed by atoms with Gasteiger partial charge in [0.1, 0.15) is 0 Å². The minimum absolute atomic E-state index is 0.303. The summed E-state index contributed by atoms with van der Waals surface area (Å²) >= 11 is 1.78. The summed E-state index contributed by atoms with van der Waals surface area (Å²) in [4.78, 5) is 6.06. The third kappa shape index (κ3) is 3.68. The predicted octanol–water partition coefficient (Wildman–Crippen LogP) is 4.25. The van der Waals surface area contributed by atoms with E-state index in [0.29, 0.717) is 5.92 Å². The molecule has 20 heavy (non-hydrogen) atoms. The average Bonchev–Trinajstić information content (AvgIpc) is 2.82. The van der Waals surface area contributed by atoms with Gasteiger partial charge < -0.3 is 5.73 Å². The zero-order chi connectivity index (χ0) is 14.8. The number of benzene rings is 1. The van der Waals surface area contributed by atoms with Crippen LogP contribution in [0.1, 0.15) is 54.8 Å². The lowest BCUT2D eigenvalue weighted by Gasteiger charge is -2.19. The van der Waals surface area contributed by atoms with Crippen molar-refractivity contribution < 1.29 is 0 Å². The van der Waals surface area contributed by atoms with Crippen LogP contribution in [0.25, 0.3) is 0 Å². The van der Waals surface area contributed by atoms with Crippen molar-refractivity contribution in [2.45, 2.75) is 52.0 Å². The minimum Gasteiger partial charge on any atom is -0.321 e. The highest BCUT2D eigenvalue weighted by Crippen LogP contribution is 2.33. The van der Waals surface area contributed by atoms with Crippen molar-refractivity contribution in [2.24, 2.45) is 5.73 Å². The first kappa shape index (κ1) is 15.2. The first-order valence-electron chi connectivity index (χ1n) is 7.21. The van der Waals surface area contributed by atoms with Crippen LogP contribution in [0.15, 0.2) is 30.3 Å². The van der Waals surface area contributed by atoms with Crippen LogP contribution in [0.2, 0.25) is 0 Å². The highest BCUT2D eigenvalue weighted by molar-refractivity contribution is 7.11. The van der Waals surface area contributed by atoms with Crippen LogP contribution in [-0.4, -0.2) is 4.98 Å². The number of aromatic nitrogens is 1. The molecule has 108 valence electrons. The Morgan fingerprint density at radius 3 is 2.30 bits per heavy atom. The molecule has 2 rings (SSSR count). The summed E-state index contributed by atoms with van der Waals surface area (Å²) < 4.78 is 0. The third-order valence-corrected chi connectivity index (χ3v) is 4.77. The fraction of sp³-hybridized carbons (Fsp3) is 0.471. The van der Waals surface area contributed by atoms with Gasteiger partial charge in [0.05, 0.1) is 10.7 Å². The molecule has 2 N–H and O–H groups in total. The molecule has 1 heterocycles. The smallest absolute Gasteiger partial charge is 0.0935 e. The number of rotatable bonds is 5. The van der Waals surface area contributed by atoms with E-state index in [1.165, 1.54) is 21.1 Å². The van der Waals surface area contributed by atoms with Gasteiger partial charge in [0.15, 0.2) is 0 Å². The van der Waals surface area contributed by atoms with Crippen molar-refractivity contribution in [2.75, 3.05) is 0 Å². The maximum atomic E-state index is 6.29. The Morgan fingerprint density at radius 2 is 1.80 bits per heavy atom. The molecule has 0 spiro atoms. The van der Waals surface area contributed by atoms with E-state index in [1.807, 2.05) is 0 Å². The average molecular weight is 288 g/mol. The van der Waals surface area contributed by atoms with Crippen molar-refractivity contribution in [3.63, 3.8) is 0 Å². The lowest BCUT2D eigenvalue weighted by molar-refractivity contribution is 0.553. The maximum Gasteiger partial charge on any atom is 0.0935 e. The Labute approximate surface area is 126 Å². The Hall–Kier alpha value is -1.19. The zero-order valence-corrected chi connectivity index (χ0v) is 13.6. The van der Waals surface area contributed by atoms with E-state index in [1.54, 1.807) is 11.3 Å². The van der Waals surface area contributed by atoms with E-state index in [0.717, 1.165) is 12.8 Å². The molecule has 0 aliphatic heterocycles. The van der Waals surface area contributed by atoms with Gasteiger partial charge in [-0.25, -0.2) is 4.98 Å². The summed E-state index contributed by atoms with van der Waals surface area (Å²) in [5.74, 6) is 0.426. The van der Waals surface area contributed by atoms with Crippen molar-refractivity contribution in [1.82, 2.24) is 4.98 Å². The highest BCUT2D eigenvalue weighted by atomic mass is 32.1. The van der Waals surface area contributed by atoms with Crippen molar-refractivity contribution in [1.29, 1.82) is 0 Å². The van der Waals surface area contributed by atoms with Gasteiger partial charge in [0.2, 0.25) is 0 Å². The summed E-state index contributed by atoms with van der Waals surface area (Å²) in [5, 5.41) is 1.20. The summed E-state index contributed by atoms with van der Waals surface area (Å²) in [5.41, 5.74) is 8.52. The third-order valence-electron chi connectivity index (χ3n) is 3.30. The van der Waals surface area contributed by atoms with Crippen LogP contribution in [0.4, 0.5) is 0 Å². The highest BCUT2D eigenvalue weighted by Gasteiger charge is 2.24. The van der Waals surface area contributed by atoms with Crippen LogP contribution in [0, 0.1) is 0 Å². The molecule has 2 nitrogen and oxygen atoms in total. The van der Waals surface area contributed by atoms with Crippen LogP contribution in [-0.2, 0) is 18.4 Å². The molecule has 0 unspecified atom stereocenters. The van der Waals surface area contributed by atoms with E-state index in [2.05, 4.69) is 58.0 Å². The Balaban J connectivity index is 2.17. The molecule has 0 radical (unpaired) electrons. The topological polar surface area (TPSA) is 38.9 Å². The Morgan fingerprint density at radius 1 is 1.15 bits per heavy atom. The second kappa shape index (κ2) is 6.06. The quantitative estimate of drug-likeness (QED) is 0.893. The fourth-order valence-corrected chi connectivity index (χ4v) is 3.47. The number of hydrogen-bond donors (Lipinski definition) is 1. The summed E-state index contributed by atoms with van der Waals surface area (Å²) in [7, 11) is 0. The van der Waals surface area contributed by atoms with E-state index >= 15 is 0 Å². The monoisotopic (exact) mass is 288 g/mol. The zero-order valence-electron chi connectivity index (χ0n) is 12.8. The molecule has 3 heteroatoms. The molecule has 1 aromatic carbocycles. The molecular formula is C17H24N2S. The molecule has 2 aromatic rings. The molecule has 0 bridgehead atoms. The number of hydrogen-bond acceptors (Lipinski definition) is 3. The Kier molecular flexibility index (Phi) is 4.61. The van der Waals surface area contributed by atoms with Crippen molar-refractivity contribution in [3.05, 3.63) is 51.5 Å².